The molecular weight excluding hydrogens is 612 g/mol. The van der Waals surface area contributed by atoms with Gasteiger partial charge in [-0.2, -0.15) is 0 Å². The molecule has 0 aromatic heterocycles. The van der Waals surface area contributed by atoms with Gasteiger partial charge >= 0.3 is 17.9 Å². The molecule has 6 heteroatoms. The molecule has 0 aromatic carbocycles. The summed E-state index contributed by atoms with van der Waals surface area (Å²) in [6.07, 6.45) is 42.5. The van der Waals surface area contributed by atoms with Crippen LogP contribution in [0.25, 0.3) is 0 Å². The van der Waals surface area contributed by atoms with Crippen LogP contribution in [-0.4, -0.2) is 37.2 Å². The van der Waals surface area contributed by atoms with Gasteiger partial charge in [-0.1, -0.05) is 153 Å². The van der Waals surface area contributed by atoms with Crippen molar-refractivity contribution in [3.05, 3.63) is 48.6 Å². The minimum absolute atomic E-state index is 0.0917. The lowest BCUT2D eigenvalue weighted by atomic mass is 10.1. The third kappa shape index (κ3) is 36.5. The summed E-state index contributed by atoms with van der Waals surface area (Å²) >= 11 is 0. The van der Waals surface area contributed by atoms with Crippen molar-refractivity contribution in [2.75, 3.05) is 13.2 Å². The van der Waals surface area contributed by atoms with Crippen molar-refractivity contribution >= 4 is 17.9 Å². The van der Waals surface area contributed by atoms with Crippen molar-refractivity contribution in [1.82, 2.24) is 0 Å². The molecule has 0 aliphatic carbocycles. The molecule has 1 unspecified atom stereocenters. The van der Waals surface area contributed by atoms with E-state index in [2.05, 4.69) is 69.4 Å². The Labute approximate surface area is 301 Å². The Morgan fingerprint density at radius 2 is 0.837 bits per heavy atom. The van der Waals surface area contributed by atoms with Gasteiger partial charge in [-0.15, -0.1) is 0 Å². The molecule has 1 atom stereocenters. The van der Waals surface area contributed by atoms with Gasteiger partial charge in [-0.3, -0.25) is 14.4 Å². The second-order valence-electron chi connectivity index (χ2n) is 13.2. The summed E-state index contributed by atoms with van der Waals surface area (Å²) < 4.78 is 16.5. The molecular formula is C43H74O6. The molecule has 0 aliphatic rings. The Kier molecular flexibility index (Phi) is 36.1. The molecule has 0 spiro atoms. The summed E-state index contributed by atoms with van der Waals surface area (Å²) in [6, 6.07) is 0. The van der Waals surface area contributed by atoms with Gasteiger partial charge in [0.15, 0.2) is 6.10 Å². The van der Waals surface area contributed by atoms with E-state index in [0.717, 1.165) is 77.0 Å². The lowest BCUT2D eigenvalue weighted by Gasteiger charge is -2.18. The number of esters is 3. The molecule has 0 saturated heterocycles. The number of rotatable bonds is 35. The quantitative estimate of drug-likeness (QED) is 0.0286. The van der Waals surface area contributed by atoms with Gasteiger partial charge in [0.05, 0.1) is 0 Å². The number of allylic oxidation sites excluding steroid dienone is 8. The molecule has 0 N–H and O–H groups in total. The first kappa shape index (κ1) is 46.4. The molecule has 6 nitrogen and oxygen atoms in total. The van der Waals surface area contributed by atoms with Crippen molar-refractivity contribution < 1.29 is 28.6 Å². The standard InChI is InChI=1S/C43H74O6/c1-4-7-10-13-16-19-21-24-27-30-33-36-42(45)48-39-40(38-47-41(44)35-32-29-26-23-18-15-12-9-6-3)49-43(46)37-34-31-28-25-22-20-17-14-11-8-5-2/h7,10,14,16-17,19,24,27,40H,4-6,8-9,11-13,15,18,20-23,25-26,28-39H2,1-3H3/b10-7-,17-14-,19-16-,27-24-. The van der Waals surface area contributed by atoms with Crippen LogP contribution >= 0.6 is 0 Å². The highest BCUT2D eigenvalue weighted by Gasteiger charge is 2.19. The van der Waals surface area contributed by atoms with Crippen molar-refractivity contribution in [3.8, 4) is 0 Å². The number of carbonyl (C=O) groups is 3. The lowest BCUT2D eigenvalue weighted by Crippen LogP contribution is -2.30. The summed E-state index contributed by atoms with van der Waals surface area (Å²) in [7, 11) is 0. The monoisotopic (exact) mass is 687 g/mol. The van der Waals surface area contributed by atoms with Crippen LogP contribution in [-0.2, 0) is 28.6 Å². The molecule has 282 valence electrons. The van der Waals surface area contributed by atoms with Gasteiger partial charge < -0.3 is 14.2 Å². The van der Waals surface area contributed by atoms with Crippen LogP contribution in [0.5, 0.6) is 0 Å². The minimum Gasteiger partial charge on any atom is -0.462 e. The maximum absolute atomic E-state index is 12.6. The van der Waals surface area contributed by atoms with Crippen LogP contribution in [0.4, 0.5) is 0 Å². The molecule has 0 aromatic rings. The van der Waals surface area contributed by atoms with E-state index in [1.54, 1.807) is 0 Å². The van der Waals surface area contributed by atoms with E-state index in [4.69, 9.17) is 14.2 Å². The van der Waals surface area contributed by atoms with Gasteiger partial charge in [-0.05, 0) is 64.2 Å². The minimum atomic E-state index is -0.790. The van der Waals surface area contributed by atoms with Crippen LogP contribution in [0, 0.1) is 0 Å². The largest absolute Gasteiger partial charge is 0.462 e. The first-order valence-corrected chi connectivity index (χ1v) is 20.1. The maximum Gasteiger partial charge on any atom is 0.306 e. The average molecular weight is 687 g/mol. The molecule has 0 fully saturated rings. The van der Waals surface area contributed by atoms with E-state index < -0.39 is 6.10 Å². The highest BCUT2D eigenvalue weighted by molar-refractivity contribution is 5.71. The molecule has 0 saturated carbocycles. The zero-order valence-electron chi connectivity index (χ0n) is 31.9. The summed E-state index contributed by atoms with van der Waals surface area (Å²) in [5.41, 5.74) is 0. The van der Waals surface area contributed by atoms with E-state index in [9.17, 15) is 14.4 Å². The molecule has 0 amide bonds. The zero-order valence-corrected chi connectivity index (χ0v) is 31.9. The van der Waals surface area contributed by atoms with Crippen molar-refractivity contribution in [2.24, 2.45) is 0 Å². The van der Waals surface area contributed by atoms with E-state index in [1.165, 1.54) is 64.2 Å². The Bertz CT molecular complexity index is 887. The number of hydrogen-bond acceptors (Lipinski definition) is 6. The SMILES string of the molecule is CC/C=C\C/C=C\C/C=C\CCCC(=O)OCC(COC(=O)CCCCCCCCCCC)OC(=O)CCCCCCC/C=C\CCCC. The third-order valence-electron chi connectivity index (χ3n) is 8.32. The third-order valence-corrected chi connectivity index (χ3v) is 8.32. The van der Waals surface area contributed by atoms with Gasteiger partial charge in [0.25, 0.3) is 0 Å². The Morgan fingerprint density at radius 1 is 0.429 bits per heavy atom. The van der Waals surface area contributed by atoms with E-state index in [0.29, 0.717) is 19.3 Å². The molecule has 0 heterocycles. The Hall–Kier alpha value is -2.63. The fourth-order valence-corrected chi connectivity index (χ4v) is 5.27. The van der Waals surface area contributed by atoms with Crippen LogP contribution in [0.3, 0.4) is 0 Å². The van der Waals surface area contributed by atoms with E-state index >= 15 is 0 Å². The van der Waals surface area contributed by atoms with E-state index in [-0.39, 0.29) is 37.5 Å². The highest BCUT2D eigenvalue weighted by atomic mass is 16.6. The average Bonchev–Trinajstić information content (AvgIpc) is 3.10. The predicted octanol–water partition coefficient (Wildman–Crippen LogP) is 12.4. The number of hydrogen-bond donors (Lipinski definition) is 0. The topological polar surface area (TPSA) is 78.9 Å². The second-order valence-corrected chi connectivity index (χ2v) is 13.2. The Balaban J connectivity index is 4.46. The predicted molar refractivity (Wildman–Crippen MR) is 205 cm³/mol. The molecule has 0 radical (unpaired) electrons. The summed E-state index contributed by atoms with van der Waals surface area (Å²) in [4.78, 5) is 37.4. The summed E-state index contributed by atoms with van der Waals surface area (Å²) in [5, 5.41) is 0. The summed E-state index contributed by atoms with van der Waals surface area (Å²) in [5.74, 6) is -0.969. The van der Waals surface area contributed by atoms with Crippen molar-refractivity contribution in [1.29, 1.82) is 0 Å². The fraction of sp³-hybridized carbons (Fsp3) is 0.744. The Morgan fingerprint density at radius 3 is 1.41 bits per heavy atom. The van der Waals surface area contributed by atoms with Gasteiger partial charge in [0.2, 0.25) is 0 Å². The lowest BCUT2D eigenvalue weighted by molar-refractivity contribution is -0.167. The summed E-state index contributed by atoms with van der Waals surface area (Å²) in [6.45, 7) is 6.37. The van der Waals surface area contributed by atoms with Crippen molar-refractivity contribution in [2.45, 2.75) is 194 Å². The first-order chi connectivity index (χ1) is 24.0. The second kappa shape index (κ2) is 38.2. The van der Waals surface area contributed by atoms with Crippen LogP contribution in [0.2, 0.25) is 0 Å². The number of unbranched alkanes of at least 4 members (excludes halogenated alkanes) is 16. The fourth-order valence-electron chi connectivity index (χ4n) is 5.27. The van der Waals surface area contributed by atoms with Crippen LogP contribution in [0.1, 0.15) is 188 Å². The van der Waals surface area contributed by atoms with Crippen LogP contribution in [0.15, 0.2) is 48.6 Å². The maximum atomic E-state index is 12.6. The first-order valence-electron chi connectivity index (χ1n) is 20.1. The van der Waals surface area contributed by atoms with Gasteiger partial charge in [-0.25, -0.2) is 0 Å². The molecule has 0 rings (SSSR count). The van der Waals surface area contributed by atoms with Crippen LogP contribution < -0.4 is 0 Å². The number of ether oxygens (including phenoxy) is 3. The molecule has 49 heavy (non-hydrogen) atoms. The zero-order chi connectivity index (χ0) is 35.9. The number of carbonyl (C=O) groups excluding carboxylic acids is 3. The molecule has 0 aliphatic heterocycles. The van der Waals surface area contributed by atoms with Gasteiger partial charge in [0, 0.05) is 19.3 Å². The highest BCUT2D eigenvalue weighted by Crippen LogP contribution is 2.13. The van der Waals surface area contributed by atoms with E-state index in [1.807, 2.05) is 0 Å². The van der Waals surface area contributed by atoms with Gasteiger partial charge in [0.1, 0.15) is 13.2 Å². The van der Waals surface area contributed by atoms with Crippen molar-refractivity contribution in [3.63, 3.8) is 0 Å². The normalized spacial score (nSPS) is 12.5. The smallest absolute Gasteiger partial charge is 0.306 e. The molecule has 0 bridgehead atoms.